The van der Waals surface area contributed by atoms with E-state index in [1.165, 1.54) is 0 Å². The largest absolute Gasteiger partial charge is 0.325 e. The van der Waals surface area contributed by atoms with Crippen LogP contribution in [0.1, 0.15) is 36.1 Å². The molecular weight excluding hydrogens is 312 g/mol. The van der Waals surface area contributed by atoms with Crippen molar-refractivity contribution in [2.24, 2.45) is 5.41 Å². The Labute approximate surface area is 149 Å². The molecule has 0 aromatic heterocycles. The van der Waals surface area contributed by atoms with Gasteiger partial charge in [0.05, 0.1) is 0 Å². The lowest BCUT2D eigenvalue weighted by Crippen LogP contribution is -2.41. The van der Waals surface area contributed by atoms with Crippen LogP contribution in [0.25, 0.3) is 0 Å². The number of carbonyl (C=O) groups is 2. The van der Waals surface area contributed by atoms with Crippen molar-refractivity contribution in [2.45, 2.75) is 41.5 Å². The van der Waals surface area contributed by atoms with Crippen molar-refractivity contribution in [1.29, 1.82) is 0 Å². The Balaban J connectivity index is 2.17. The molecule has 2 aromatic rings. The molecule has 4 heteroatoms. The number of benzene rings is 2. The molecule has 0 fully saturated rings. The van der Waals surface area contributed by atoms with Crippen LogP contribution >= 0.6 is 0 Å². The fourth-order valence-electron chi connectivity index (χ4n) is 2.59. The lowest BCUT2D eigenvalue weighted by atomic mass is 9.90. The minimum Gasteiger partial charge on any atom is -0.325 e. The van der Waals surface area contributed by atoms with Gasteiger partial charge >= 0.3 is 0 Å². The molecule has 4 nitrogen and oxygen atoms in total. The summed E-state index contributed by atoms with van der Waals surface area (Å²) in [6, 6.07) is 11.7. The molecule has 2 amide bonds. The lowest BCUT2D eigenvalue weighted by Gasteiger charge is -2.23. The van der Waals surface area contributed by atoms with Crippen molar-refractivity contribution in [3.05, 3.63) is 58.7 Å². The van der Waals surface area contributed by atoms with Gasteiger partial charge < -0.3 is 10.6 Å². The van der Waals surface area contributed by atoms with Crippen LogP contribution in [0.3, 0.4) is 0 Å². The molecule has 0 unspecified atom stereocenters. The molecule has 2 rings (SSSR count). The van der Waals surface area contributed by atoms with E-state index in [9.17, 15) is 9.59 Å². The zero-order chi connectivity index (χ0) is 18.8. The molecule has 0 aliphatic heterocycles. The van der Waals surface area contributed by atoms with Crippen molar-refractivity contribution < 1.29 is 9.59 Å². The number of hydrogen-bond acceptors (Lipinski definition) is 2. The first kappa shape index (κ1) is 18.7. The minimum atomic E-state index is -1.20. The van der Waals surface area contributed by atoms with Gasteiger partial charge in [0, 0.05) is 11.4 Å². The summed E-state index contributed by atoms with van der Waals surface area (Å²) in [5.41, 5.74) is 4.38. The predicted octanol–water partition coefficient (Wildman–Crippen LogP) is 4.52. The van der Waals surface area contributed by atoms with Gasteiger partial charge in [0.25, 0.3) is 0 Å². The van der Waals surface area contributed by atoms with Crippen molar-refractivity contribution in [3.63, 3.8) is 0 Å². The number of rotatable bonds is 4. The second-order valence-electron chi connectivity index (χ2n) is 7.23. The molecule has 0 atom stereocenters. The summed E-state index contributed by atoms with van der Waals surface area (Å²) >= 11 is 0. The first-order valence-electron chi connectivity index (χ1n) is 8.38. The average Bonchev–Trinajstić information content (AvgIpc) is 2.49. The molecule has 132 valence electrons. The van der Waals surface area contributed by atoms with Gasteiger partial charge in [0.1, 0.15) is 5.41 Å². The second-order valence-corrected chi connectivity index (χ2v) is 7.23. The minimum absolute atomic E-state index is 0.330. The van der Waals surface area contributed by atoms with E-state index in [1.807, 2.05) is 64.1 Å². The molecule has 2 aromatic carbocycles. The number of carbonyl (C=O) groups excluding carboxylic acids is 2. The summed E-state index contributed by atoms with van der Waals surface area (Å²) in [6.07, 6.45) is 0. The van der Waals surface area contributed by atoms with Crippen molar-refractivity contribution >= 4 is 23.2 Å². The van der Waals surface area contributed by atoms with Gasteiger partial charge in [0.15, 0.2) is 0 Å². The highest BCUT2D eigenvalue weighted by Gasteiger charge is 2.36. The lowest BCUT2D eigenvalue weighted by molar-refractivity contribution is -0.135. The predicted molar refractivity (Wildman–Crippen MR) is 103 cm³/mol. The summed E-state index contributed by atoms with van der Waals surface area (Å²) in [7, 11) is 0. The van der Waals surface area contributed by atoms with Crippen molar-refractivity contribution in [1.82, 2.24) is 0 Å². The number of amides is 2. The van der Waals surface area contributed by atoms with Gasteiger partial charge in [-0.25, -0.2) is 0 Å². The third-order valence-electron chi connectivity index (χ3n) is 4.26. The number of aryl methyl sites for hydroxylation is 4. The first-order valence-corrected chi connectivity index (χ1v) is 8.38. The normalized spacial score (nSPS) is 11.1. The van der Waals surface area contributed by atoms with E-state index in [0.717, 1.165) is 27.9 Å². The van der Waals surface area contributed by atoms with Crippen LogP contribution in [0.15, 0.2) is 36.4 Å². The van der Waals surface area contributed by atoms with Crippen LogP contribution in [0.2, 0.25) is 0 Å². The van der Waals surface area contributed by atoms with Gasteiger partial charge in [-0.1, -0.05) is 18.2 Å². The summed E-state index contributed by atoms with van der Waals surface area (Å²) in [4.78, 5) is 25.4. The number of anilines is 2. The van der Waals surface area contributed by atoms with Crippen LogP contribution in [-0.2, 0) is 9.59 Å². The standard InChI is InChI=1S/C21H26N2O2/c1-13-7-8-16(4)18(12-13)23-20(25)21(5,6)19(24)22-17-10-14(2)9-15(3)11-17/h7-12H,1-6H3,(H,22,24)(H,23,25). The topological polar surface area (TPSA) is 58.2 Å². The Morgan fingerprint density at radius 3 is 1.92 bits per heavy atom. The van der Waals surface area contributed by atoms with Gasteiger partial charge in [-0.15, -0.1) is 0 Å². The van der Waals surface area contributed by atoms with E-state index in [0.29, 0.717) is 5.69 Å². The van der Waals surface area contributed by atoms with Gasteiger partial charge in [-0.05, 0) is 82.0 Å². The summed E-state index contributed by atoms with van der Waals surface area (Å²) in [5, 5.41) is 5.74. The maximum atomic E-state index is 12.7. The molecule has 25 heavy (non-hydrogen) atoms. The molecule has 0 radical (unpaired) electrons. The van der Waals surface area contributed by atoms with E-state index < -0.39 is 5.41 Å². The zero-order valence-electron chi connectivity index (χ0n) is 15.8. The molecular formula is C21H26N2O2. The van der Waals surface area contributed by atoms with Crippen LogP contribution in [0.4, 0.5) is 11.4 Å². The Hall–Kier alpha value is -2.62. The maximum absolute atomic E-state index is 12.7. The quantitative estimate of drug-likeness (QED) is 0.805. The van der Waals surface area contributed by atoms with Gasteiger partial charge in [0.2, 0.25) is 11.8 Å². The van der Waals surface area contributed by atoms with E-state index in [-0.39, 0.29) is 11.8 Å². The maximum Gasteiger partial charge on any atom is 0.239 e. The van der Waals surface area contributed by atoms with Gasteiger partial charge in [-0.3, -0.25) is 9.59 Å². The fourth-order valence-corrected chi connectivity index (χ4v) is 2.59. The first-order chi connectivity index (χ1) is 11.6. The third-order valence-corrected chi connectivity index (χ3v) is 4.26. The Morgan fingerprint density at radius 1 is 0.760 bits per heavy atom. The van der Waals surface area contributed by atoms with Crippen LogP contribution in [0, 0.1) is 33.1 Å². The van der Waals surface area contributed by atoms with Crippen LogP contribution in [-0.4, -0.2) is 11.8 Å². The molecule has 0 spiro atoms. The molecule has 0 aliphatic carbocycles. The highest BCUT2D eigenvalue weighted by Crippen LogP contribution is 2.24. The van der Waals surface area contributed by atoms with Crippen molar-refractivity contribution in [2.75, 3.05) is 10.6 Å². The second kappa shape index (κ2) is 7.09. The van der Waals surface area contributed by atoms with Crippen LogP contribution < -0.4 is 10.6 Å². The molecule has 0 saturated carbocycles. The SMILES string of the molecule is Cc1cc(C)cc(NC(=O)C(C)(C)C(=O)Nc2cc(C)ccc2C)c1. The monoisotopic (exact) mass is 338 g/mol. The molecule has 0 heterocycles. The van der Waals surface area contributed by atoms with E-state index in [4.69, 9.17) is 0 Å². The fraction of sp³-hybridized carbons (Fsp3) is 0.333. The molecule has 0 bridgehead atoms. The summed E-state index contributed by atoms with van der Waals surface area (Å²) in [6.45, 7) is 11.1. The number of nitrogens with one attached hydrogen (secondary N) is 2. The molecule has 2 N–H and O–H groups in total. The van der Waals surface area contributed by atoms with E-state index in [2.05, 4.69) is 10.6 Å². The Bertz CT molecular complexity index is 802. The van der Waals surface area contributed by atoms with Crippen LogP contribution in [0.5, 0.6) is 0 Å². The average molecular weight is 338 g/mol. The Morgan fingerprint density at radius 2 is 1.32 bits per heavy atom. The number of hydrogen-bond donors (Lipinski definition) is 2. The third kappa shape index (κ3) is 4.47. The molecule has 0 saturated heterocycles. The highest BCUT2D eigenvalue weighted by molar-refractivity contribution is 6.14. The summed E-state index contributed by atoms with van der Waals surface area (Å²) in [5.74, 6) is -0.664. The summed E-state index contributed by atoms with van der Waals surface area (Å²) < 4.78 is 0. The van der Waals surface area contributed by atoms with E-state index >= 15 is 0 Å². The zero-order valence-corrected chi connectivity index (χ0v) is 15.8. The van der Waals surface area contributed by atoms with Crippen molar-refractivity contribution in [3.8, 4) is 0 Å². The smallest absolute Gasteiger partial charge is 0.239 e. The van der Waals surface area contributed by atoms with E-state index in [1.54, 1.807) is 13.8 Å². The highest BCUT2D eigenvalue weighted by atomic mass is 16.2. The molecule has 0 aliphatic rings. The van der Waals surface area contributed by atoms with Gasteiger partial charge in [-0.2, -0.15) is 0 Å². The Kier molecular flexibility index (Phi) is 5.31.